The minimum Gasteiger partial charge on any atom is -0.478 e. The number of aliphatic carboxylic acids is 1. The normalized spacial score (nSPS) is 17.4. The van der Waals surface area contributed by atoms with Crippen molar-refractivity contribution in [2.45, 2.75) is 0 Å². The standard InChI is InChI=1S/C11H6BrNO3S/c12-7-3-1-2-6(4-7)11-13-10(16)8(17-11)5-9(14)15/h1-5H,(H,14,15)/b8-5+. The lowest BCUT2D eigenvalue weighted by Crippen LogP contribution is -1.94. The van der Waals surface area contributed by atoms with Gasteiger partial charge in [-0.25, -0.2) is 9.79 Å². The molecule has 1 heterocycles. The van der Waals surface area contributed by atoms with Crippen LogP contribution in [0, 0.1) is 0 Å². The van der Waals surface area contributed by atoms with Gasteiger partial charge in [-0.15, -0.1) is 0 Å². The van der Waals surface area contributed by atoms with Crippen LogP contribution in [0.25, 0.3) is 0 Å². The van der Waals surface area contributed by atoms with Crippen molar-refractivity contribution in [3.8, 4) is 0 Å². The van der Waals surface area contributed by atoms with Gasteiger partial charge in [0.05, 0.1) is 4.91 Å². The number of hydrogen-bond donors (Lipinski definition) is 1. The smallest absolute Gasteiger partial charge is 0.329 e. The molecular weight excluding hydrogens is 306 g/mol. The Morgan fingerprint density at radius 3 is 2.88 bits per heavy atom. The number of aliphatic imine (C=N–C) groups is 1. The molecule has 17 heavy (non-hydrogen) atoms. The van der Waals surface area contributed by atoms with Crippen molar-refractivity contribution < 1.29 is 14.7 Å². The summed E-state index contributed by atoms with van der Waals surface area (Å²) in [5.41, 5.74) is 0.784. The first-order chi connectivity index (χ1) is 8.06. The molecule has 0 bridgehead atoms. The molecular formula is C11H6BrNO3S. The van der Waals surface area contributed by atoms with E-state index in [1.54, 1.807) is 0 Å². The molecule has 1 N–H and O–H groups in total. The number of carbonyl (C=O) groups excluding carboxylic acids is 1. The molecule has 1 aromatic rings. The third kappa shape index (κ3) is 2.83. The molecule has 86 valence electrons. The number of thioether (sulfide) groups is 1. The quantitative estimate of drug-likeness (QED) is 0.852. The number of carboxylic acid groups (broad SMARTS) is 1. The summed E-state index contributed by atoms with van der Waals surface area (Å²) in [5.74, 6) is -1.65. The molecule has 0 saturated heterocycles. The molecule has 1 amide bonds. The van der Waals surface area contributed by atoms with Crippen molar-refractivity contribution in [3.05, 3.63) is 45.3 Å². The lowest BCUT2D eigenvalue weighted by atomic mass is 10.2. The van der Waals surface area contributed by atoms with Crippen molar-refractivity contribution in [2.24, 2.45) is 4.99 Å². The fourth-order valence-corrected chi connectivity index (χ4v) is 2.54. The number of rotatable bonds is 2. The number of nitrogens with zero attached hydrogens (tertiary/aromatic N) is 1. The molecule has 0 radical (unpaired) electrons. The number of hydrogen-bond acceptors (Lipinski definition) is 3. The van der Waals surface area contributed by atoms with E-state index in [2.05, 4.69) is 20.9 Å². The average Bonchev–Trinajstić information content (AvgIpc) is 2.59. The average molecular weight is 312 g/mol. The molecule has 2 rings (SSSR count). The summed E-state index contributed by atoms with van der Waals surface area (Å²) in [6.45, 7) is 0. The lowest BCUT2D eigenvalue weighted by molar-refractivity contribution is -0.131. The second-order valence-corrected chi connectivity index (χ2v) is 5.13. The molecule has 0 aromatic heterocycles. The Balaban J connectivity index is 2.30. The van der Waals surface area contributed by atoms with Crippen LogP contribution in [0.1, 0.15) is 5.56 Å². The van der Waals surface area contributed by atoms with Gasteiger partial charge in [0.2, 0.25) is 0 Å². The maximum Gasteiger partial charge on any atom is 0.329 e. The zero-order valence-electron chi connectivity index (χ0n) is 8.38. The van der Waals surface area contributed by atoms with Gasteiger partial charge in [0.1, 0.15) is 5.04 Å². The molecule has 6 heteroatoms. The van der Waals surface area contributed by atoms with Gasteiger partial charge in [-0.05, 0) is 12.1 Å². The Hall–Kier alpha value is -1.40. The Labute approximate surface area is 110 Å². The molecule has 0 spiro atoms. The SMILES string of the molecule is O=C(O)/C=C1/SC(c2cccc(Br)c2)=NC1=O. The van der Waals surface area contributed by atoms with Gasteiger partial charge in [-0.2, -0.15) is 0 Å². The largest absolute Gasteiger partial charge is 0.478 e. The van der Waals surface area contributed by atoms with E-state index in [1.165, 1.54) is 0 Å². The summed E-state index contributed by atoms with van der Waals surface area (Å²) >= 11 is 4.39. The van der Waals surface area contributed by atoms with Gasteiger partial charge >= 0.3 is 5.97 Å². The van der Waals surface area contributed by atoms with Gasteiger partial charge in [0.25, 0.3) is 5.91 Å². The van der Waals surface area contributed by atoms with E-state index >= 15 is 0 Å². The maximum atomic E-state index is 11.4. The fourth-order valence-electron chi connectivity index (χ4n) is 1.27. The highest BCUT2D eigenvalue weighted by molar-refractivity contribution is 9.10. The van der Waals surface area contributed by atoms with Crippen LogP contribution < -0.4 is 0 Å². The Bertz CT molecular complexity index is 566. The van der Waals surface area contributed by atoms with E-state index in [-0.39, 0.29) is 4.91 Å². The molecule has 1 aromatic carbocycles. The first-order valence-electron chi connectivity index (χ1n) is 4.58. The van der Waals surface area contributed by atoms with Crippen LogP contribution in [-0.2, 0) is 9.59 Å². The fraction of sp³-hybridized carbons (Fsp3) is 0. The van der Waals surface area contributed by atoms with Crippen LogP contribution in [0.5, 0.6) is 0 Å². The predicted octanol–water partition coefficient (Wildman–Crippen LogP) is 2.44. The van der Waals surface area contributed by atoms with E-state index < -0.39 is 11.9 Å². The molecule has 0 unspecified atom stereocenters. The lowest BCUT2D eigenvalue weighted by Gasteiger charge is -1.99. The predicted molar refractivity (Wildman–Crippen MR) is 69.0 cm³/mol. The zero-order valence-corrected chi connectivity index (χ0v) is 10.8. The molecule has 0 saturated carbocycles. The third-order valence-electron chi connectivity index (χ3n) is 1.95. The van der Waals surface area contributed by atoms with E-state index in [4.69, 9.17) is 5.11 Å². The Morgan fingerprint density at radius 1 is 1.47 bits per heavy atom. The monoisotopic (exact) mass is 311 g/mol. The van der Waals surface area contributed by atoms with Gasteiger partial charge in [0, 0.05) is 16.1 Å². The van der Waals surface area contributed by atoms with Crippen molar-refractivity contribution in [2.75, 3.05) is 0 Å². The maximum absolute atomic E-state index is 11.4. The van der Waals surface area contributed by atoms with E-state index in [0.29, 0.717) is 5.04 Å². The van der Waals surface area contributed by atoms with Crippen LogP contribution in [0.3, 0.4) is 0 Å². The van der Waals surface area contributed by atoms with E-state index in [0.717, 1.165) is 27.9 Å². The van der Waals surface area contributed by atoms with Crippen molar-refractivity contribution >= 4 is 44.6 Å². The van der Waals surface area contributed by atoms with Gasteiger partial charge in [0.15, 0.2) is 0 Å². The molecule has 0 atom stereocenters. The van der Waals surface area contributed by atoms with E-state index in [9.17, 15) is 9.59 Å². The summed E-state index contributed by atoms with van der Waals surface area (Å²) in [7, 11) is 0. The number of halogens is 1. The van der Waals surface area contributed by atoms with Crippen LogP contribution in [-0.4, -0.2) is 22.0 Å². The summed E-state index contributed by atoms with van der Waals surface area (Å²) < 4.78 is 0.876. The Kier molecular flexibility index (Phi) is 3.44. The number of benzene rings is 1. The van der Waals surface area contributed by atoms with Gasteiger partial charge < -0.3 is 5.11 Å². The molecule has 0 fully saturated rings. The zero-order chi connectivity index (χ0) is 12.4. The number of carboxylic acids is 1. The number of amides is 1. The van der Waals surface area contributed by atoms with Crippen molar-refractivity contribution in [3.63, 3.8) is 0 Å². The van der Waals surface area contributed by atoms with Crippen LogP contribution in [0.15, 0.2) is 44.7 Å². The topological polar surface area (TPSA) is 66.7 Å². The summed E-state index contributed by atoms with van der Waals surface area (Å²) in [6, 6.07) is 7.32. The van der Waals surface area contributed by atoms with Crippen molar-refractivity contribution in [1.29, 1.82) is 0 Å². The Morgan fingerprint density at radius 2 is 2.24 bits per heavy atom. The van der Waals surface area contributed by atoms with E-state index in [1.807, 2.05) is 24.3 Å². The molecule has 4 nitrogen and oxygen atoms in total. The van der Waals surface area contributed by atoms with Gasteiger partial charge in [-0.3, -0.25) is 4.79 Å². The summed E-state index contributed by atoms with van der Waals surface area (Å²) in [5, 5.41) is 9.11. The highest BCUT2D eigenvalue weighted by Crippen LogP contribution is 2.30. The highest BCUT2D eigenvalue weighted by atomic mass is 79.9. The number of carbonyl (C=O) groups is 2. The minimum absolute atomic E-state index is 0.132. The second-order valence-electron chi connectivity index (χ2n) is 3.18. The summed E-state index contributed by atoms with van der Waals surface area (Å²) in [4.78, 5) is 25.9. The van der Waals surface area contributed by atoms with Gasteiger partial charge in [-0.1, -0.05) is 39.8 Å². The van der Waals surface area contributed by atoms with Crippen molar-refractivity contribution in [1.82, 2.24) is 0 Å². The summed E-state index contributed by atoms with van der Waals surface area (Å²) in [6.07, 6.45) is 0.876. The first kappa shape index (κ1) is 12.1. The van der Waals surface area contributed by atoms with Crippen LogP contribution in [0.2, 0.25) is 0 Å². The molecule has 0 aliphatic carbocycles. The first-order valence-corrected chi connectivity index (χ1v) is 6.18. The highest BCUT2D eigenvalue weighted by Gasteiger charge is 2.23. The third-order valence-corrected chi connectivity index (χ3v) is 3.47. The second kappa shape index (κ2) is 4.85. The molecule has 1 aliphatic heterocycles. The minimum atomic E-state index is -1.15. The van der Waals surface area contributed by atoms with Crippen LogP contribution in [0.4, 0.5) is 0 Å². The molecule has 1 aliphatic rings. The van der Waals surface area contributed by atoms with Crippen LogP contribution >= 0.6 is 27.7 Å².